The minimum atomic E-state index is -0.172. The average molecular weight is 328 g/mol. The van der Waals surface area contributed by atoms with E-state index in [4.69, 9.17) is 4.74 Å². The molecule has 0 bridgehead atoms. The van der Waals surface area contributed by atoms with Gasteiger partial charge in [0.2, 0.25) is 0 Å². The van der Waals surface area contributed by atoms with Gasteiger partial charge in [0, 0.05) is 17.0 Å². The lowest BCUT2D eigenvalue weighted by Crippen LogP contribution is -2.30. The van der Waals surface area contributed by atoms with Gasteiger partial charge in [0.1, 0.15) is 5.75 Å². The smallest absolute Gasteiger partial charge is 0.262 e. The maximum Gasteiger partial charge on any atom is 0.262 e. The number of likely N-dealkylation sites (tertiary alicyclic amines) is 1. The predicted molar refractivity (Wildman–Crippen MR) is 87.9 cm³/mol. The Labute approximate surface area is 137 Å². The SMILES string of the molecule is O=C1COc2cc(C(=O)N3CCCC3c3cccs3)ccc2N1. The molecule has 5 nitrogen and oxygen atoms in total. The summed E-state index contributed by atoms with van der Waals surface area (Å²) in [7, 11) is 0. The van der Waals surface area contributed by atoms with E-state index in [-0.39, 0.29) is 24.5 Å². The van der Waals surface area contributed by atoms with E-state index in [2.05, 4.69) is 11.4 Å². The lowest BCUT2D eigenvalue weighted by atomic mass is 10.1. The molecule has 1 N–H and O–H groups in total. The fourth-order valence-corrected chi connectivity index (χ4v) is 4.03. The van der Waals surface area contributed by atoms with Gasteiger partial charge < -0.3 is 15.0 Å². The quantitative estimate of drug-likeness (QED) is 0.922. The van der Waals surface area contributed by atoms with Crippen molar-refractivity contribution in [1.29, 1.82) is 0 Å². The van der Waals surface area contributed by atoms with E-state index in [1.54, 1.807) is 29.5 Å². The van der Waals surface area contributed by atoms with Crippen LogP contribution in [0.15, 0.2) is 35.7 Å². The zero-order valence-corrected chi connectivity index (χ0v) is 13.3. The van der Waals surface area contributed by atoms with Crippen LogP contribution >= 0.6 is 11.3 Å². The van der Waals surface area contributed by atoms with Crippen LogP contribution in [0.5, 0.6) is 5.75 Å². The molecule has 0 aliphatic carbocycles. The van der Waals surface area contributed by atoms with Crippen molar-refractivity contribution in [2.45, 2.75) is 18.9 Å². The Morgan fingerprint density at radius 1 is 1.35 bits per heavy atom. The van der Waals surface area contributed by atoms with Crippen molar-refractivity contribution in [3.05, 3.63) is 46.2 Å². The summed E-state index contributed by atoms with van der Waals surface area (Å²) in [6.07, 6.45) is 2.02. The molecule has 2 aliphatic heterocycles. The van der Waals surface area contributed by atoms with Crippen molar-refractivity contribution in [3.8, 4) is 5.75 Å². The third-order valence-corrected chi connectivity index (χ3v) is 5.22. The van der Waals surface area contributed by atoms with E-state index < -0.39 is 0 Å². The highest BCUT2D eigenvalue weighted by Gasteiger charge is 2.31. The number of nitrogens with one attached hydrogen (secondary N) is 1. The fourth-order valence-electron chi connectivity index (χ4n) is 3.16. The van der Waals surface area contributed by atoms with E-state index in [1.807, 2.05) is 16.3 Å². The number of hydrogen-bond acceptors (Lipinski definition) is 4. The van der Waals surface area contributed by atoms with Crippen molar-refractivity contribution >= 4 is 28.8 Å². The second-order valence-corrected chi connectivity index (χ2v) is 6.70. The van der Waals surface area contributed by atoms with E-state index in [0.29, 0.717) is 17.0 Å². The molecular formula is C17H16N2O3S. The number of fused-ring (bicyclic) bond motifs is 1. The van der Waals surface area contributed by atoms with E-state index in [9.17, 15) is 9.59 Å². The number of ether oxygens (including phenoxy) is 1. The van der Waals surface area contributed by atoms with E-state index in [1.165, 1.54) is 4.88 Å². The van der Waals surface area contributed by atoms with Crippen molar-refractivity contribution < 1.29 is 14.3 Å². The minimum Gasteiger partial charge on any atom is -0.482 e. The molecule has 2 amide bonds. The summed E-state index contributed by atoms with van der Waals surface area (Å²) in [5.74, 6) is 0.403. The van der Waals surface area contributed by atoms with Crippen molar-refractivity contribution in [2.24, 2.45) is 0 Å². The second-order valence-electron chi connectivity index (χ2n) is 5.72. The van der Waals surface area contributed by atoms with Gasteiger partial charge in [-0.05, 0) is 42.5 Å². The number of benzene rings is 1. The first-order chi connectivity index (χ1) is 11.2. The van der Waals surface area contributed by atoms with Gasteiger partial charge in [0.05, 0.1) is 11.7 Å². The summed E-state index contributed by atoms with van der Waals surface area (Å²) in [6, 6.07) is 9.48. The Balaban J connectivity index is 1.60. The third-order valence-electron chi connectivity index (χ3n) is 4.25. The number of carbonyl (C=O) groups is 2. The van der Waals surface area contributed by atoms with E-state index >= 15 is 0 Å². The Morgan fingerprint density at radius 3 is 3.09 bits per heavy atom. The van der Waals surface area contributed by atoms with Gasteiger partial charge in [0.25, 0.3) is 11.8 Å². The number of thiophene rings is 1. The van der Waals surface area contributed by atoms with Crippen LogP contribution in [0.3, 0.4) is 0 Å². The summed E-state index contributed by atoms with van der Waals surface area (Å²) in [6.45, 7) is 0.766. The number of nitrogens with zero attached hydrogens (tertiary/aromatic N) is 1. The van der Waals surface area contributed by atoms with Crippen LogP contribution in [0.1, 0.15) is 34.1 Å². The molecule has 2 aromatic rings. The molecule has 1 saturated heterocycles. The number of anilines is 1. The molecule has 4 rings (SSSR count). The zero-order chi connectivity index (χ0) is 15.8. The Hall–Kier alpha value is -2.34. The molecule has 1 fully saturated rings. The molecule has 0 spiro atoms. The summed E-state index contributed by atoms with van der Waals surface area (Å²) in [5, 5.41) is 4.79. The fraction of sp³-hybridized carbons (Fsp3) is 0.294. The molecule has 1 aromatic heterocycles. The average Bonchev–Trinajstić information content (AvgIpc) is 3.24. The van der Waals surface area contributed by atoms with Crippen LogP contribution in [0.4, 0.5) is 5.69 Å². The van der Waals surface area contributed by atoms with Crippen molar-refractivity contribution in [1.82, 2.24) is 4.90 Å². The molecule has 3 heterocycles. The molecule has 1 aromatic carbocycles. The lowest BCUT2D eigenvalue weighted by molar-refractivity contribution is -0.118. The summed E-state index contributed by atoms with van der Waals surface area (Å²) in [4.78, 5) is 27.4. The monoisotopic (exact) mass is 328 g/mol. The first kappa shape index (κ1) is 14.3. The van der Waals surface area contributed by atoms with E-state index in [0.717, 1.165) is 19.4 Å². The highest BCUT2D eigenvalue weighted by atomic mass is 32.1. The van der Waals surface area contributed by atoms with Gasteiger partial charge in [0.15, 0.2) is 6.61 Å². The first-order valence-electron chi connectivity index (χ1n) is 7.63. The summed E-state index contributed by atoms with van der Waals surface area (Å²) < 4.78 is 5.41. The van der Waals surface area contributed by atoms with Crippen LogP contribution in [-0.2, 0) is 4.79 Å². The van der Waals surface area contributed by atoms with Crippen LogP contribution in [-0.4, -0.2) is 29.9 Å². The van der Waals surface area contributed by atoms with Crippen LogP contribution < -0.4 is 10.1 Å². The van der Waals surface area contributed by atoms with Crippen LogP contribution in [0.2, 0.25) is 0 Å². The van der Waals surface area contributed by atoms with Crippen LogP contribution in [0.25, 0.3) is 0 Å². The number of carbonyl (C=O) groups excluding carboxylic acids is 2. The zero-order valence-electron chi connectivity index (χ0n) is 12.5. The van der Waals surface area contributed by atoms with Gasteiger partial charge in [-0.2, -0.15) is 0 Å². The Kier molecular flexibility index (Phi) is 3.53. The standard InChI is InChI=1S/C17H16N2O3S/c20-16-10-22-14-9-11(5-6-12(14)18-16)17(21)19-7-1-3-13(19)15-4-2-8-23-15/h2,4-6,8-9,13H,1,3,7,10H2,(H,18,20). The molecular weight excluding hydrogens is 312 g/mol. The number of rotatable bonds is 2. The molecule has 118 valence electrons. The van der Waals surface area contributed by atoms with Gasteiger partial charge in [-0.3, -0.25) is 9.59 Å². The second kappa shape index (κ2) is 5.70. The van der Waals surface area contributed by atoms with Crippen LogP contribution in [0, 0.1) is 0 Å². The summed E-state index contributed by atoms with van der Waals surface area (Å²) in [5.41, 5.74) is 1.22. The summed E-state index contributed by atoms with van der Waals surface area (Å²) >= 11 is 1.69. The Bertz CT molecular complexity index is 757. The molecule has 23 heavy (non-hydrogen) atoms. The largest absolute Gasteiger partial charge is 0.482 e. The number of hydrogen-bond donors (Lipinski definition) is 1. The molecule has 1 unspecified atom stereocenters. The molecule has 0 saturated carbocycles. The highest BCUT2D eigenvalue weighted by Crippen LogP contribution is 2.36. The molecule has 0 radical (unpaired) electrons. The van der Waals surface area contributed by atoms with Gasteiger partial charge in [-0.15, -0.1) is 11.3 Å². The topological polar surface area (TPSA) is 58.6 Å². The molecule has 6 heteroatoms. The number of amides is 2. The maximum absolute atomic E-state index is 12.9. The maximum atomic E-state index is 12.9. The minimum absolute atomic E-state index is 0.00776. The Morgan fingerprint density at radius 2 is 2.26 bits per heavy atom. The van der Waals surface area contributed by atoms with Gasteiger partial charge >= 0.3 is 0 Å². The lowest BCUT2D eigenvalue weighted by Gasteiger charge is -2.25. The third kappa shape index (κ3) is 2.59. The highest BCUT2D eigenvalue weighted by molar-refractivity contribution is 7.10. The van der Waals surface area contributed by atoms with Gasteiger partial charge in [-0.25, -0.2) is 0 Å². The normalized spacial score (nSPS) is 19.9. The first-order valence-corrected chi connectivity index (χ1v) is 8.51. The molecule has 1 atom stereocenters. The molecule has 2 aliphatic rings. The van der Waals surface area contributed by atoms with Gasteiger partial charge in [-0.1, -0.05) is 6.07 Å². The van der Waals surface area contributed by atoms with Crippen molar-refractivity contribution in [3.63, 3.8) is 0 Å². The van der Waals surface area contributed by atoms with Crippen molar-refractivity contribution in [2.75, 3.05) is 18.5 Å². The predicted octanol–water partition coefficient (Wildman–Crippen LogP) is 3.06.